The average Bonchev–Trinajstić information content (AvgIpc) is 3.04. The zero-order valence-electron chi connectivity index (χ0n) is 23.5. The van der Waals surface area contributed by atoms with Crippen molar-refractivity contribution in [2.75, 3.05) is 26.4 Å². The summed E-state index contributed by atoms with van der Waals surface area (Å²) >= 11 is 0. The van der Waals surface area contributed by atoms with E-state index in [1.807, 2.05) is 0 Å². The van der Waals surface area contributed by atoms with Crippen molar-refractivity contribution in [2.24, 2.45) is 0 Å². The van der Waals surface area contributed by atoms with Crippen LogP contribution < -0.4 is 0 Å². The number of rotatable bonds is 12. The van der Waals surface area contributed by atoms with Crippen molar-refractivity contribution in [3.05, 3.63) is 0 Å². The highest BCUT2D eigenvalue weighted by Gasteiger charge is 2.68. The molecule has 0 saturated carbocycles. The van der Waals surface area contributed by atoms with Gasteiger partial charge in [-0.2, -0.15) is 0 Å². The first-order valence-electron chi connectivity index (χ1n) is 14.0. The maximum Gasteiger partial charge on any atom is 0.187 e. The third-order valence-electron chi connectivity index (χ3n) is 8.56. The summed E-state index contributed by atoms with van der Waals surface area (Å²) in [4.78, 5) is 0. The second-order valence-corrected chi connectivity index (χ2v) is 11.3. The molecule has 19 atom stereocenters. The van der Waals surface area contributed by atoms with Crippen LogP contribution in [0.4, 0.5) is 0 Å². The minimum absolute atomic E-state index is 1.04. The van der Waals surface area contributed by atoms with Gasteiger partial charge in [0.15, 0.2) is 11.9 Å². The highest BCUT2D eigenvalue weighted by molar-refractivity contribution is 5.16. The van der Waals surface area contributed by atoms with Gasteiger partial charge in [-0.15, -0.1) is 0 Å². The number of hydrogen-bond acceptors (Lipinski definition) is 21. The van der Waals surface area contributed by atoms with Crippen LogP contribution in [-0.2, 0) is 18.9 Å². The molecule has 3 aliphatic rings. The summed E-state index contributed by atoms with van der Waals surface area (Å²) in [5.74, 6) is 0. The van der Waals surface area contributed by atoms with Crippen molar-refractivity contribution < 1.29 is 106 Å². The third kappa shape index (κ3) is 7.01. The Morgan fingerprint density at radius 1 is 0.489 bits per heavy atom. The Morgan fingerprint density at radius 3 is 1.24 bits per heavy atom. The van der Waals surface area contributed by atoms with Gasteiger partial charge in [0.1, 0.15) is 110 Å². The second kappa shape index (κ2) is 15.6. The van der Waals surface area contributed by atoms with E-state index >= 15 is 0 Å². The number of hydrogen-bond donors (Lipinski definition) is 17. The summed E-state index contributed by atoms with van der Waals surface area (Å²) < 4.78 is 22.2. The predicted molar refractivity (Wildman–Crippen MR) is 136 cm³/mol. The molecule has 17 N–H and O–H groups in total. The van der Waals surface area contributed by atoms with Gasteiger partial charge in [0, 0.05) is 0 Å². The predicted octanol–water partition coefficient (Wildman–Crippen LogP) is -11.3. The third-order valence-corrected chi connectivity index (χ3v) is 8.56. The van der Waals surface area contributed by atoms with E-state index in [9.17, 15) is 86.8 Å². The van der Waals surface area contributed by atoms with Gasteiger partial charge in [-0.3, -0.25) is 0 Å². The Balaban J connectivity index is 2.33. The molecule has 3 rings (SSSR count). The first-order chi connectivity index (χ1) is 21.0. The monoisotopic (exact) mass is 668 g/mol. The van der Waals surface area contributed by atoms with Crippen molar-refractivity contribution >= 4 is 0 Å². The van der Waals surface area contributed by atoms with E-state index in [2.05, 4.69) is 0 Å². The molecular weight excluding hydrogens is 624 g/mol. The highest BCUT2D eigenvalue weighted by atomic mass is 16.7. The molecule has 3 unspecified atom stereocenters. The molecule has 3 fully saturated rings. The lowest BCUT2D eigenvalue weighted by atomic mass is 9.71. The van der Waals surface area contributed by atoms with E-state index < -0.39 is 148 Å². The molecule has 3 aliphatic heterocycles. The fraction of sp³-hybridized carbons (Fsp3) is 1.00. The number of aliphatic hydroxyl groups excluding tert-OH is 17. The van der Waals surface area contributed by atoms with Gasteiger partial charge >= 0.3 is 0 Å². The van der Waals surface area contributed by atoms with E-state index in [0.717, 1.165) is 0 Å². The Bertz CT molecular complexity index is 874. The molecule has 3 saturated heterocycles. The standard InChI is InChI=1S/C24H44O21/c25-1-5(29)9(30)16(37)20(41)24(21-17(38)13(34)10(31)6(2-26)42-21,22-18(39)14(35)11(32)7(3-27)43-22)45-23-19(40)15(36)12(33)8(4-28)44-23/h5-23,25-41H,1-4H2/t5-,6-,7-,8-,9-,10-,11-,12-,13+,14+,15+,16+,17-,18-,19-,20-,21?,22?,23?,24?/m1/s1. The van der Waals surface area contributed by atoms with Gasteiger partial charge < -0.3 is 106 Å². The molecule has 21 nitrogen and oxygen atoms in total. The minimum atomic E-state index is -3.40. The summed E-state index contributed by atoms with van der Waals surface area (Å²) in [6, 6.07) is 0. The van der Waals surface area contributed by atoms with Crippen LogP contribution in [0.1, 0.15) is 0 Å². The summed E-state index contributed by atoms with van der Waals surface area (Å²) in [6.45, 7) is -4.48. The normalized spacial score (nSPS) is 47.0. The van der Waals surface area contributed by atoms with E-state index in [-0.39, 0.29) is 0 Å². The van der Waals surface area contributed by atoms with Gasteiger partial charge in [-0.25, -0.2) is 0 Å². The van der Waals surface area contributed by atoms with Crippen LogP contribution in [0.25, 0.3) is 0 Å². The van der Waals surface area contributed by atoms with Crippen molar-refractivity contribution in [1.29, 1.82) is 0 Å². The lowest BCUT2D eigenvalue weighted by Crippen LogP contribution is -2.80. The van der Waals surface area contributed by atoms with Gasteiger partial charge in [-0.1, -0.05) is 0 Å². The van der Waals surface area contributed by atoms with E-state index in [4.69, 9.17) is 18.9 Å². The number of aliphatic hydroxyl groups is 17. The fourth-order valence-corrected chi connectivity index (χ4v) is 5.81. The average molecular weight is 669 g/mol. The smallest absolute Gasteiger partial charge is 0.187 e. The quantitative estimate of drug-likeness (QED) is 0.0917. The van der Waals surface area contributed by atoms with Gasteiger partial charge in [0.05, 0.1) is 26.4 Å². The summed E-state index contributed by atoms with van der Waals surface area (Å²) in [5, 5.41) is 178. The van der Waals surface area contributed by atoms with Crippen LogP contribution >= 0.6 is 0 Å². The van der Waals surface area contributed by atoms with E-state index in [1.54, 1.807) is 0 Å². The van der Waals surface area contributed by atoms with E-state index in [0.29, 0.717) is 0 Å². The molecule has 0 amide bonds. The maximum atomic E-state index is 11.7. The first kappa shape index (κ1) is 38.6. The molecule has 45 heavy (non-hydrogen) atoms. The molecule has 0 bridgehead atoms. The molecule has 0 aliphatic carbocycles. The Labute approximate surface area is 254 Å². The van der Waals surface area contributed by atoms with Crippen LogP contribution in [-0.4, -0.2) is 235 Å². The van der Waals surface area contributed by atoms with E-state index in [1.165, 1.54) is 0 Å². The Kier molecular flexibility index (Phi) is 13.4. The lowest BCUT2D eigenvalue weighted by Gasteiger charge is -2.58. The zero-order chi connectivity index (χ0) is 34.1. The highest BCUT2D eigenvalue weighted by Crippen LogP contribution is 2.44. The molecule has 0 spiro atoms. The van der Waals surface area contributed by atoms with Crippen molar-refractivity contribution in [3.8, 4) is 0 Å². The van der Waals surface area contributed by atoms with Gasteiger partial charge in [-0.05, 0) is 0 Å². The summed E-state index contributed by atoms with van der Waals surface area (Å²) in [5.41, 5.74) is -3.40. The van der Waals surface area contributed by atoms with Gasteiger partial charge in [0.2, 0.25) is 0 Å². The molecule has 0 aromatic carbocycles. The maximum absolute atomic E-state index is 11.7. The van der Waals surface area contributed by atoms with Crippen molar-refractivity contribution in [1.82, 2.24) is 0 Å². The summed E-state index contributed by atoms with van der Waals surface area (Å²) in [7, 11) is 0. The van der Waals surface area contributed by atoms with Crippen molar-refractivity contribution in [3.63, 3.8) is 0 Å². The molecule has 266 valence electrons. The SMILES string of the molecule is OC[C@@H](O)[C@@H](O)[C@H](O)[C@@H](O)C(OC1O[C@H](CO)[C@@H](O)[C@H](O)[C@H]1O)(C1O[C@H](CO)[C@@H](O)[C@H](O)[C@H]1O)C1O[C@H](CO)[C@@H](O)[C@H](O)[C@H]1O. The molecule has 0 aromatic heterocycles. The molecule has 21 heteroatoms. The van der Waals surface area contributed by atoms with Crippen LogP contribution in [0.2, 0.25) is 0 Å². The molecular formula is C24H44O21. The number of ether oxygens (including phenoxy) is 4. The molecule has 3 heterocycles. The lowest BCUT2D eigenvalue weighted by molar-refractivity contribution is -0.406. The molecule has 0 aromatic rings. The van der Waals surface area contributed by atoms with Crippen LogP contribution in [0.3, 0.4) is 0 Å². The second-order valence-electron chi connectivity index (χ2n) is 11.3. The fourth-order valence-electron chi connectivity index (χ4n) is 5.81. The van der Waals surface area contributed by atoms with Crippen LogP contribution in [0.5, 0.6) is 0 Å². The molecule has 0 radical (unpaired) electrons. The Morgan fingerprint density at radius 2 is 0.867 bits per heavy atom. The largest absolute Gasteiger partial charge is 0.394 e. The van der Waals surface area contributed by atoms with Crippen molar-refractivity contribution in [2.45, 2.75) is 122 Å². The Hall–Kier alpha value is -0.840. The summed E-state index contributed by atoms with van der Waals surface area (Å²) in [6.07, 6.45) is -43.5. The first-order valence-corrected chi connectivity index (χ1v) is 14.0. The van der Waals surface area contributed by atoms with Gasteiger partial charge in [0.25, 0.3) is 0 Å². The van der Waals surface area contributed by atoms with Crippen LogP contribution in [0.15, 0.2) is 0 Å². The zero-order valence-corrected chi connectivity index (χ0v) is 23.5. The van der Waals surface area contributed by atoms with Crippen LogP contribution in [0, 0.1) is 0 Å². The minimum Gasteiger partial charge on any atom is -0.394 e. The topological polar surface area (TPSA) is 381 Å².